The van der Waals surface area contributed by atoms with E-state index in [-0.39, 0.29) is 18.4 Å². The highest BCUT2D eigenvalue weighted by molar-refractivity contribution is 6.01. The van der Waals surface area contributed by atoms with Crippen LogP contribution in [0.5, 0.6) is 5.75 Å². The molecule has 3 N–H and O–H groups in total. The molecule has 21 heavy (non-hydrogen) atoms. The number of carbonyl (C=O) groups is 2. The van der Waals surface area contributed by atoms with Crippen molar-refractivity contribution in [3.05, 3.63) is 23.8 Å². The number of hydrogen-bond acceptors (Lipinski definition) is 5. The molecular weight excluding hydrogens is 274 g/mol. The lowest BCUT2D eigenvalue weighted by Gasteiger charge is -2.34. The molecule has 0 aliphatic carbocycles. The molecule has 1 fully saturated rings. The summed E-state index contributed by atoms with van der Waals surface area (Å²) in [6.45, 7) is 0.911. The molecule has 0 aromatic heterocycles. The number of nitrogens with zero attached hydrogens (tertiary/aromatic N) is 1. The molecule has 2 rings (SSSR count). The third-order valence-electron chi connectivity index (χ3n) is 3.42. The lowest BCUT2D eigenvalue weighted by atomic mass is 10.1. The Morgan fingerprint density at radius 1 is 1.48 bits per heavy atom. The van der Waals surface area contributed by atoms with Crippen LogP contribution < -0.4 is 15.8 Å². The molecular formula is C14H19N3O4. The normalized spacial score (nSPS) is 18.2. The molecule has 1 heterocycles. The number of rotatable bonds is 3. The average molecular weight is 293 g/mol. The van der Waals surface area contributed by atoms with Gasteiger partial charge in [-0.25, -0.2) is 0 Å². The summed E-state index contributed by atoms with van der Waals surface area (Å²) < 4.78 is 10.5. The van der Waals surface area contributed by atoms with Crippen LogP contribution in [0.4, 0.5) is 5.69 Å². The first-order valence-electron chi connectivity index (χ1n) is 6.63. The second-order valence-electron chi connectivity index (χ2n) is 4.63. The van der Waals surface area contributed by atoms with Gasteiger partial charge in [0.1, 0.15) is 6.04 Å². The van der Waals surface area contributed by atoms with Gasteiger partial charge in [-0.2, -0.15) is 0 Å². The van der Waals surface area contributed by atoms with Crippen LogP contribution in [-0.4, -0.2) is 56.7 Å². The van der Waals surface area contributed by atoms with E-state index >= 15 is 0 Å². The van der Waals surface area contributed by atoms with Crippen LogP contribution in [-0.2, 0) is 9.53 Å². The number of hydrogen-bond donors (Lipinski definition) is 2. The van der Waals surface area contributed by atoms with Crippen molar-refractivity contribution < 1.29 is 19.1 Å². The molecule has 0 saturated carbocycles. The summed E-state index contributed by atoms with van der Waals surface area (Å²) in [5.41, 5.74) is 6.54. The maximum absolute atomic E-state index is 12.7. The lowest BCUT2D eigenvalue weighted by Crippen LogP contribution is -2.55. The Bertz CT molecular complexity index is 547. The van der Waals surface area contributed by atoms with Crippen LogP contribution in [0.2, 0.25) is 0 Å². The van der Waals surface area contributed by atoms with Gasteiger partial charge in [-0.05, 0) is 12.1 Å². The molecule has 114 valence electrons. The molecule has 7 nitrogen and oxygen atoms in total. The lowest BCUT2D eigenvalue weighted by molar-refractivity contribution is -0.130. The van der Waals surface area contributed by atoms with Gasteiger partial charge in [0, 0.05) is 13.6 Å². The fraction of sp³-hybridized carbons (Fsp3) is 0.429. The highest BCUT2D eigenvalue weighted by atomic mass is 16.5. The minimum absolute atomic E-state index is 0.177. The monoisotopic (exact) mass is 293 g/mol. The number of ether oxygens (including phenoxy) is 2. The quantitative estimate of drug-likeness (QED) is 0.757. The van der Waals surface area contributed by atoms with Crippen LogP contribution in [0.3, 0.4) is 0 Å². The van der Waals surface area contributed by atoms with Gasteiger partial charge in [0.2, 0.25) is 5.91 Å². The van der Waals surface area contributed by atoms with E-state index in [0.717, 1.165) is 0 Å². The van der Waals surface area contributed by atoms with Gasteiger partial charge in [0.25, 0.3) is 5.91 Å². The van der Waals surface area contributed by atoms with E-state index in [1.54, 1.807) is 18.2 Å². The molecule has 7 heteroatoms. The minimum atomic E-state index is -0.651. The molecule has 2 amide bonds. The van der Waals surface area contributed by atoms with Crippen molar-refractivity contribution in [3.8, 4) is 5.75 Å². The van der Waals surface area contributed by atoms with Crippen molar-refractivity contribution in [1.82, 2.24) is 10.2 Å². The fourth-order valence-corrected chi connectivity index (χ4v) is 2.34. The molecule has 1 aromatic rings. The van der Waals surface area contributed by atoms with Crippen molar-refractivity contribution in [2.75, 3.05) is 39.6 Å². The summed E-state index contributed by atoms with van der Waals surface area (Å²) in [6, 6.07) is 4.32. The number of morpholine rings is 1. The fourth-order valence-electron chi connectivity index (χ4n) is 2.34. The first-order valence-corrected chi connectivity index (χ1v) is 6.63. The van der Waals surface area contributed by atoms with E-state index in [2.05, 4.69) is 5.32 Å². The zero-order valence-corrected chi connectivity index (χ0v) is 12.1. The van der Waals surface area contributed by atoms with Gasteiger partial charge in [-0.15, -0.1) is 0 Å². The van der Waals surface area contributed by atoms with Crippen LogP contribution in [0, 0.1) is 0 Å². The Balaban J connectivity index is 2.33. The highest BCUT2D eigenvalue weighted by Gasteiger charge is 2.34. The van der Waals surface area contributed by atoms with Gasteiger partial charge in [-0.3, -0.25) is 9.59 Å². The number of nitrogens with two attached hydrogens (primary N) is 1. The number of nitrogen functional groups attached to an aromatic ring is 1. The van der Waals surface area contributed by atoms with Crippen molar-refractivity contribution >= 4 is 17.5 Å². The van der Waals surface area contributed by atoms with Crippen LogP contribution >= 0.6 is 0 Å². The van der Waals surface area contributed by atoms with Gasteiger partial charge in [0.05, 0.1) is 31.6 Å². The first kappa shape index (κ1) is 15.1. The SMILES string of the molecule is CNC(=O)C1COCCN1C(=O)c1cccc(N)c1OC. The molecule has 1 aromatic carbocycles. The Kier molecular flexibility index (Phi) is 4.64. The number of amides is 2. The van der Waals surface area contributed by atoms with Crippen molar-refractivity contribution in [1.29, 1.82) is 0 Å². The molecule has 1 saturated heterocycles. The summed E-state index contributed by atoms with van der Waals surface area (Å²) in [6.07, 6.45) is 0. The van der Waals surface area contributed by atoms with E-state index in [9.17, 15) is 9.59 Å². The van der Waals surface area contributed by atoms with E-state index in [1.807, 2.05) is 0 Å². The third kappa shape index (κ3) is 2.92. The standard InChI is InChI=1S/C14H19N3O4/c1-16-13(18)11-8-21-7-6-17(11)14(19)9-4-3-5-10(15)12(9)20-2/h3-5,11H,6-8,15H2,1-2H3,(H,16,18). The zero-order valence-electron chi connectivity index (χ0n) is 12.1. The predicted octanol–water partition coefficient (Wildman–Crippen LogP) is -0.136. The Morgan fingerprint density at radius 3 is 2.90 bits per heavy atom. The van der Waals surface area contributed by atoms with Crippen LogP contribution in [0.1, 0.15) is 10.4 Å². The maximum Gasteiger partial charge on any atom is 0.258 e. The maximum atomic E-state index is 12.7. The summed E-state index contributed by atoms with van der Waals surface area (Å²) >= 11 is 0. The van der Waals surface area contributed by atoms with E-state index < -0.39 is 6.04 Å². The molecule has 1 unspecified atom stereocenters. The number of carbonyl (C=O) groups excluding carboxylic acids is 2. The largest absolute Gasteiger partial charge is 0.494 e. The molecule has 0 bridgehead atoms. The highest BCUT2D eigenvalue weighted by Crippen LogP contribution is 2.28. The van der Waals surface area contributed by atoms with Gasteiger partial charge >= 0.3 is 0 Å². The second kappa shape index (κ2) is 6.45. The number of anilines is 1. The summed E-state index contributed by atoms with van der Waals surface area (Å²) in [5.74, 6) is -0.230. The van der Waals surface area contributed by atoms with Crippen molar-refractivity contribution in [2.45, 2.75) is 6.04 Å². The van der Waals surface area contributed by atoms with Crippen LogP contribution in [0.25, 0.3) is 0 Å². The molecule has 0 spiro atoms. The topological polar surface area (TPSA) is 93.9 Å². The molecule has 1 aliphatic rings. The summed E-state index contributed by atoms with van der Waals surface area (Å²) in [4.78, 5) is 26.1. The smallest absolute Gasteiger partial charge is 0.258 e. The minimum Gasteiger partial charge on any atom is -0.494 e. The summed E-state index contributed by atoms with van der Waals surface area (Å²) in [7, 11) is 2.98. The van der Waals surface area contributed by atoms with Gasteiger partial charge in [-0.1, -0.05) is 6.07 Å². The molecule has 0 radical (unpaired) electrons. The van der Waals surface area contributed by atoms with E-state index in [4.69, 9.17) is 15.2 Å². The zero-order chi connectivity index (χ0) is 15.4. The Morgan fingerprint density at radius 2 is 2.24 bits per heavy atom. The van der Waals surface area contributed by atoms with Crippen LogP contribution in [0.15, 0.2) is 18.2 Å². The van der Waals surface area contributed by atoms with Gasteiger partial charge in [0.15, 0.2) is 5.75 Å². The second-order valence-corrected chi connectivity index (χ2v) is 4.63. The number of likely N-dealkylation sites (N-methyl/N-ethyl adjacent to an activating group) is 1. The van der Waals surface area contributed by atoms with Gasteiger partial charge < -0.3 is 25.4 Å². The Labute approximate surface area is 123 Å². The predicted molar refractivity (Wildman–Crippen MR) is 77.1 cm³/mol. The number of nitrogens with one attached hydrogen (secondary N) is 1. The first-order chi connectivity index (χ1) is 10.1. The van der Waals surface area contributed by atoms with Crippen molar-refractivity contribution in [2.24, 2.45) is 0 Å². The summed E-state index contributed by atoms with van der Waals surface area (Å²) in [5, 5.41) is 2.54. The van der Waals surface area contributed by atoms with Crippen molar-refractivity contribution in [3.63, 3.8) is 0 Å². The average Bonchev–Trinajstić information content (AvgIpc) is 2.53. The number of benzene rings is 1. The van der Waals surface area contributed by atoms with E-state index in [1.165, 1.54) is 19.1 Å². The number of methoxy groups -OCH3 is 1. The Hall–Kier alpha value is -2.28. The molecule has 1 aliphatic heterocycles. The number of para-hydroxylation sites is 1. The van der Waals surface area contributed by atoms with E-state index in [0.29, 0.717) is 30.2 Å². The molecule has 1 atom stereocenters. The third-order valence-corrected chi connectivity index (χ3v) is 3.42.